The highest BCUT2D eigenvalue weighted by Crippen LogP contribution is 2.17. The fourth-order valence-corrected chi connectivity index (χ4v) is 1.53. The smallest absolute Gasteiger partial charge is 0.0478 e. The maximum Gasteiger partial charge on any atom is 0.0478 e. The highest BCUT2D eigenvalue weighted by atomic mass is 14.6. The van der Waals surface area contributed by atoms with Crippen molar-refractivity contribution < 1.29 is 0 Å². The summed E-state index contributed by atoms with van der Waals surface area (Å²) in [6.45, 7) is 8.05. The Kier molecular flexibility index (Phi) is 3.90. The predicted octanol–water partition coefficient (Wildman–Crippen LogP) is 3.00. The molecule has 0 fully saturated rings. The first-order valence-corrected chi connectivity index (χ1v) is 5.22. The van der Waals surface area contributed by atoms with Crippen LogP contribution in [0.15, 0.2) is 30.9 Å². The molecule has 1 unspecified atom stereocenters. The van der Waals surface area contributed by atoms with E-state index in [0.29, 0.717) is 0 Å². The maximum atomic E-state index is 5.92. The van der Waals surface area contributed by atoms with Gasteiger partial charge in [0.2, 0.25) is 0 Å². The second-order valence-corrected chi connectivity index (χ2v) is 3.55. The lowest BCUT2D eigenvalue weighted by Crippen LogP contribution is -2.07. The van der Waals surface area contributed by atoms with Crippen molar-refractivity contribution in [3.8, 4) is 0 Å². The zero-order chi connectivity index (χ0) is 10.6. The van der Waals surface area contributed by atoms with E-state index in [-0.39, 0.29) is 6.04 Å². The third kappa shape index (κ3) is 2.46. The van der Waals surface area contributed by atoms with E-state index in [1.807, 2.05) is 0 Å². The standard InChI is InChI=1S/C13H19N/c1-4-10-7-11(5-2)9-12(8-10)13(14)6-3/h6-9,13H,3-5,14H2,1-2H3. The molecule has 1 heteroatoms. The van der Waals surface area contributed by atoms with Crippen LogP contribution in [0.4, 0.5) is 0 Å². The Hall–Kier alpha value is -1.08. The second-order valence-electron chi connectivity index (χ2n) is 3.55. The molecule has 0 radical (unpaired) electrons. The van der Waals surface area contributed by atoms with Crippen LogP contribution in [0.25, 0.3) is 0 Å². The van der Waals surface area contributed by atoms with Crippen molar-refractivity contribution in [2.75, 3.05) is 0 Å². The fraction of sp³-hybridized carbons (Fsp3) is 0.385. The molecule has 0 aliphatic carbocycles. The number of rotatable bonds is 4. The Bertz CT molecular complexity index is 293. The van der Waals surface area contributed by atoms with Crippen molar-refractivity contribution in [1.82, 2.24) is 0 Å². The molecule has 0 heterocycles. The minimum atomic E-state index is -0.0354. The van der Waals surface area contributed by atoms with Crippen LogP contribution >= 0.6 is 0 Å². The zero-order valence-electron chi connectivity index (χ0n) is 9.09. The minimum absolute atomic E-state index is 0.0354. The van der Waals surface area contributed by atoms with Crippen molar-refractivity contribution in [2.24, 2.45) is 5.73 Å². The van der Waals surface area contributed by atoms with E-state index in [2.05, 4.69) is 38.6 Å². The Balaban J connectivity index is 3.09. The van der Waals surface area contributed by atoms with Crippen molar-refractivity contribution in [3.63, 3.8) is 0 Å². The van der Waals surface area contributed by atoms with Gasteiger partial charge in [0.1, 0.15) is 0 Å². The Morgan fingerprint density at radius 2 is 1.71 bits per heavy atom. The van der Waals surface area contributed by atoms with Gasteiger partial charge in [-0.3, -0.25) is 0 Å². The first-order chi connectivity index (χ1) is 6.71. The molecule has 76 valence electrons. The van der Waals surface area contributed by atoms with Crippen LogP contribution in [0, 0.1) is 0 Å². The van der Waals surface area contributed by atoms with Gasteiger partial charge in [-0.25, -0.2) is 0 Å². The normalized spacial score (nSPS) is 12.5. The number of hydrogen-bond acceptors (Lipinski definition) is 1. The SMILES string of the molecule is C=CC(N)c1cc(CC)cc(CC)c1. The minimum Gasteiger partial charge on any atom is -0.321 e. The predicted molar refractivity (Wildman–Crippen MR) is 62.3 cm³/mol. The van der Waals surface area contributed by atoms with E-state index in [4.69, 9.17) is 5.73 Å². The molecule has 1 atom stereocenters. The molecule has 0 saturated carbocycles. The summed E-state index contributed by atoms with van der Waals surface area (Å²) in [7, 11) is 0. The van der Waals surface area contributed by atoms with Crippen molar-refractivity contribution >= 4 is 0 Å². The van der Waals surface area contributed by atoms with E-state index in [0.717, 1.165) is 12.8 Å². The fourth-order valence-electron chi connectivity index (χ4n) is 1.53. The van der Waals surface area contributed by atoms with Gasteiger partial charge in [-0.1, -0.05) is 38.1 Å². The molecule has 1 nitrogen and oxygen atoms in total. The highest BCUT2D eigenvalue weighted by Gasteiger charge is 2.03. The summed E-state index contributed by atoms with van der Waals surface area (Å²) in [4.78, 5) is 0. The highest BCUT2D eigenvalue weighted by molar-refractivity contribution is 5.33. The first kappa shape index (κ1) is 11.0. The Morgan fingerprint density at radius 3 is 2.07 bits per heavy atom. The summed E-state index contributed by atoms with van der Waals surface area (Å²) >= 11 is 0. The molecule has 0 bridgehead atoms. The number of benzene rings is 1. The van der Waals surface area contributed by atoms with Gasteiger partial charge in [0, 0.05) is 6.04 Å². The molecule has 0 aliphatic rings. The summed E-state index contributed by atoms with van der Waals surface area (Å²) in [5.41, 5.74) is 9.82. The molecule has 2 N–H and O–H groups in total. The summed E-state index contributed by atoms with van der Waals surface area (Å²) < 4.78 is 0. The molecule has 14 heavy (non-hydrogen) atoms. The third-order valence-corrected chi connectivity index (χ3v) is 2.53. The van der Waals surface area contributed by atoms with Crippen LogP contribution in [-0.4, -0.2) is 0 Å². The van der Waals surface area contributed by atoms with Crippen molar-refractivity contribution in [2.45, 2.75) is 32.7 Å². The van der Waals surface area contributed by atoms with Crippen molar-refractivity contribution in [3.05, 3.63) is 47.5 Å². The van der Waals surface area contributed by atoms with Crippen LogP contribution in [0.1, 0.15) is 36.6 Å². The van der Waals surface area contributed by atoms with Crippen LogP contribution < -0.4 is 5.73 Å². The van der Waals surface area contributed by atoms with Gasteiger partial charge in [-0.15, -0.1) is 6.58 Å². The quantitative estimate of drug-likeness (QED) is 0.724. The Morgan fingerprint density at radius 1 is 1.21 bits per heavy atom. The monoisotopic (exact) mass is 189 g/mol. The summed E-state index contributed by atoms with van der Waals surface area (Å²) in [6.07, 6.45) is 3.91. The second kappa shape index (κ2) is 4.97. The molecule has 1 aromatic rings. The van der Waals surface area contributed by atoms with Gasteiger partial charge in [-0.05, 0) is 29.5 Å². The van der Waals surface area contributed by atoms with E-state index < -0.39 is 0 Å². The molecule has 1 aromatic carbocycles. The van der Waals surface area contributed by atoms with Gasteiger partial charge >= 0.3 is 0 Å². The van der Waals surface area contributed by atoms with E-state index in [1.165, 1.54) is 16.7 Å². The largest absolute Gasteiger partial charge is 0.321 e. The molecule has 0 aromatic heterocycles. The van der Waals surface area contributed by atoms with Gasteiger partial charge < -0.3 is 5.73 Å². The molecular formula is C13H19N. The number of hydrogen-bond donors (Lipinski definition) is 1. The molecular weight excluding hydrogens is 170 g/mol. The van der Waals surface area contributed by atoms with Crippen LogP contribution in [-0.2, 0) is 12.8 Å². The average molecular weight is 189 g/mol. The van der Waals surface area contributed by atoms with Gasteiger partial charge in [0.05, 0.1) is 0 Å². The lowest BCUT2D eigenvalue weighted by atomic mass is 9.98. The first-order valence-electron chi connectivity index (χ1n) is 5.22. The van der Waals surface area contributed by atoms with Gasteiger partial charge in [-0.2, -0.15) is 0 Å². The van der Waals surface area contributed by atoms with Crippen LogP contribution in [0.5, 0.6) is 0 Å². The molecule has 0 spiro atoms. The van der Waals surface area contributed by atoms with Crippen molar-refractivity contribution in [1.29, 1.82) is 0 Å². The van der Waals surface area contributed by atoms with E-state index >= 15 is 0 Å². The van der Waals surface area contributed by atoms with Gasteiger partial charge in [0.25, 0.3) is 0 Å². The average Bonchev–Trinajstić information content (AvgIpc) is 2.27. The number of nitrogens with two attached hydrogens (primary N) is 1. The van der Waals surface area contributed by atoms with Crippen LogP contribution in [0.2, 0.25) is 0 Å². The lowest BCUT2D eigenvalue weighted by Gasteiger charge is -2.11. The topological polar surface area (TPSA) is 26.0 Å². The summed E-state index contributed by atoms with van der Waals surface area (Å²) in [6, 6.07) is 6.56. The third-order valence-electron chi connectivity index (χ3n) is 2.53. The lowest BCUT2D eigenvalue weighted by molar-refractivity contribution is 0.901. The van der Waals surface area contributed by atoms with E-state index in [9.17, 15) is 0 Å². The Labute approximate surface area is 86.6 Å². The molecule has 0 saturated heterocycles. The van der Waals surface area contributed by atoms with E-state index in [1.54, 1.807) is 6.08 Å². The maximum absolute atomic E-state index is 5.92. The number of aryl methyl sites for hydroxylation is 2. The molecule has 0 amide bonds. The van der Waals surface area contributed by atoms with Crippen LogP contribution in [0.3, 0.4) is 0 Å². The molecule has 1 rings (SSSR count). The summed E-state index contributed by atoms with van der Waals surface area (Å²) in [5.74, 6) is 0. The zero-order valence-corrected chi connectivity index (χ0v) is 9.09. The molecule has 0 aliphatic heterocycles. The summed E-state index contributed by atoms with van der Waals surface area (Å²) in [5, 5.41) is 0. The van der Waals surface area contributed by atoms with Gasteiger partial charge in [0.15, 0.2) is 0 Å².